The Kier molecular flexibility index (Phi) is 3.95. The largest absolute Gasteiger partial charge is 0.368 e. The van der Waals surface area contributed by atoms with E-state index in [-0.39, 0.29) is 5.78 Å². The highest BCUT2D eigenvalue weighted by molar-refractivity contribution is 6.44. The lowest BCUT2D eigenvalue weighted by molar-refractivity contribution is 0.103. The van der Waals surface area contributed by atoms with Crippen molar-refractivity contribution in [2.75, 3.05) is 13.1 Å². The highest BCUT2D eigenvalue weighted by atomic mass is 35.5. The van der Waals surface area contributed by atoms with E-state index in [9.17, 15) is 4.79 Å². The molecule has 0 amide bonds. The van der Waals surface area contributed by atoms with Gasteiger partial charge in [0.15, 0.2) is 5.78 Å². The molecule has 1 aliphatic heterocycles. The van der Waals surface area contributed by atoms with E-state index in [2.05, 4.69) is 10.3 Å². The number of ketones is 1. The Hall–Kier alpha value is -1.84. The first-order chi connectivity index (χ1) is 10.2. The summed E-state index contributed by atoms with van der Waals surface area (Å²) in [6.07, 6.45) is 0. The zero-order valence-electron chi connectivity index (χ0n) is 11.1. The first-order valence-electron chi connectivity index (χ1n) is 6.55. The molecule has 0 saturated heterocycles. The molecule has 3 nitrogen and oxygen atoms in total. The minimum Gasteiger partial charge on any atom is -0.368 e. The fraction of sp³-hybridized carbons (Fsp3) is 0.125. The number of nitrogens with one attached hydrogen (secondary N) is 1. The molecule has 0 bridgehead atoms. The summed E-state index contributed by atoms with van der Waals surface area (Å²) in [5, 5.41) is 3.91. The quantitative estimate of drug-likeness (QED) is 0.879. The maximum Gasteiger partial charge on any atom is 0.193 e. The van der Waals surface area contributed by atoms with Crippen LogP contribution in [0.5, 0.6) is 0 Å². The molecule has 106 valence electrons. The molecule has 0 aliphatic carbocycles. The second-order valence-electron chi connectivity index (χ2n) is 4.64. The Morgan fingerprint density at radius 2 is 1.86 bits per heavy atom. The van der Waals surface area contributed by atoms with Crippen molar-refractivity contribution >= 4 is 34.8 Å². The molecule has 0 spiro atoms. The van der Waals surface area contributed by atoms with Gasteiger partial charge in [-0.1, -0.05) is 53.5 Å². The summed E-state index contributed by atoms with van der Waals surface area (Å²) in [5.74, 6) is 0.530. The lowest BCUT2D eigenvalue weighted by atomic mass is 9.97. The summed E-state index contributed by atoms with van der Waals surface area (Å²) >= 11 is 12.4. The smallest absolute Gasteiger partial charge is 0.193 e. The normalized spacial score (nSPS) is 13.7. The molecule has 0 saturated carbocycles. The van der Waals surface area contributed by atoms with E-state index in [1.807, 2.05) is 18.2 Å². The van der Waals surface area contributed by atoms with Crippen molar-refractivity contribution in [2.24, 2.45) is 4.99 Å². The van der Waals surface area contributed by atoms with Crippen molar-refractivity contribution < 1.29 is 4.79 Å². The van der Waals surface area contributed by atoms with Crippen molar-refractivity contribution in [3.05, 3.63) is 69.2 Å². The molecule has 1 N–H and O–H groups in total. The summed E-state index contributed by atoms with van der Waals surface area (Å²) in [6, 6.07) is 12.4. The number of carbonyl (C=O) groups is 1. The maximum atomic E-state index is 12.7. The summed E-state index contributed by atoms with van der Waals surface area (Å²) in [7, 11) is 0. The first-order valence-corrected chi connectivity index (χ1v) is 7.30. The first kappa shape index (κ1) is 14.1. The van der Waals surface area contributed by atoms with E-state index in [0.717, 1.165) is 6.54 Å². The number of carbonyl (C=O) groups excluding carboxylic acids is 1. The number of aliphatic imine (C=N–C) groups is 1. The predicted octanol–water partition coefficient (Wildman–Crippen LogP) is 3.57. The van der Waals surface area contributed by atoms with Gasteiger partial charge in [-0.15, -0.1) is 0 Å². The number of hydrogen-bond donors (Lipinski definition) is 1. The van der Waals surface area contributed by atoms with Gasteiger partial charge in [-0.3, -0.25) is 9.79 Å². The molecule has 0 atom stereocenters. The van der Waals surface area contributed by atoms with Gasteiger partial charge in [0.2, 0.25) is 0 Å². The molecule has 2 aromatic carbocycles. The minimum absolute atomic E-state index is 0.0967. The zero-order chi connectivity index (χ0) is 14.8. The number of halogens is 2. The van der Waals surface area contributed by atoms with Gasteiger partial charge in [0.05, 0.1) is 16.6 Å². The predicted molar refractivity (Wildman–Crippen MR) is 85.7 cm³/mol. The second kappa shape index (κ2) is 5.88. The molecule has 3 rings (SSSR count). The highest BCUT2D eigenvalue weighted by Crippen LogP contribution is 2.30. The molecule has 5 heteroatoms. The number of hydrogen-bond acceptors (Lipinski definition) is 3. The molecule has 1 heterocycles. The number of benzene rings is 2. The average Bonchev–Trinajstić information content (AvgIpc) is 3.04. The van der Waals surface area contributed by atoms with Crippen LogP contribution in [0.4, 0.5) is 0 Å². The molecular weight excluding hydrogens is 307 g/mol. The van der Waals surface area contributed by atoms with Crippen LogP contribution in [0.1, 0.15) is 21.5 Å². The van der Waals surface area contributed by atoms with Crippen LogP contribution < -0.4 is 5.32 Å². The highest BCUT2D eigenvalue weighted by Gasteiger charge is 2.23. The van der Waals surface area contributed by atoms with Crippen LogP contribution in [0.3, 0.4) is 0 Å². The summed E-state index contributed by atoms with van der Waals surface area (Å²) < 4.78 is 0. The lowest BCUT2D eigenvalue weighted by Gasteiger charge is -2.12. The monoisotopic (exact) mass is 318 g/mol. The van der Waals surface area contributed by atoms with Crippen LogP contribution in [0.25, 0.3) is 0 Å². The zero-order valence-corrected chi connectivity index (χ0v) is 12.6. The van der Waals surface area contributed by atoms with Gasteiger partial charge in [0, 0.05) is 23.2 Å². The Labute approximate surface area is 132 Å². The maximum absolute atomic E-state index is 12.7. The van der Waals surface area contributed by atoms with Crippen LogP contribution in [-0.2, 0) is 0 Å². The Morgan fingerprint density at radius 3 is 2.52 bits per heavy atom. The van der Waals surface area contributed by atoms with Gasteiger partial charge in [-0.2, -0.15) is 0 Å². The van der Waals surface area contributed by atoms with Crippen LogP contribution >= 0.6 is 23.2 Å². The molecule has 21 heavy (non-hydrogen) atoms. The van der Waals surface area contributed by atoms with Crippen molar-refractivity contribution in [1.29, 1.82) is 0 Å². The van der Waals surface area contributed by atoms with Gasteiger partial charge >= 0.3 is 0 Å². The molecule has 0 radical (unpaired) electrons. The molecule has 0 aromatic heterocycles. The van der Waals surface area contributed by atoms with E-state index < -0.39 is 0 Å². The van der Waals surface area contributed by atoms with E-state index >= 15 is 0 Å². The van der Waals surface area contributed by atoms with E-state index in [4.69, 9.17) is 23.2 Å². The number of amidine groups is 1. The molecule has 0 unspecified atom stereocenters. The molecule has 0 fully saturated rings. The minimum atomic E-state index is -0.0967. The second-order valence-corrected chi connectivity index (χ2v) is 5.42. The van der Waals surface area contributed by atoms with E-state index in [1.54, 1.807) is 24.3 Å². The third-order valence-corrected chi connectivity index (χ3v) is 4.09. The number of rotatable bonds is 3. The van der Waals surface area contributed by atoms with Gasteiger partial charge in [0.1, 0.15) is 5.84 Å². The van der Waals surface area contributed by atoms with Crippen molar-refractivity contribution in [3.63, 3.8) is 0 Å². The number of nitrogens with zero attached hydrogens (tertiary/aromatic N) is 1. The van der Waals surface area contributed by atoms with Crippen molar-refractivity contribution in [3.8, 4) is 0 Å². The summed E-state index contributed by atoms with van der Waals surface area (Å²) in [6.45, 7) is 1.40. The Bertz CT molecular complexity index is 727. The molecule has 2 aromatic rings. The Balaban J connectivity index is 2.14. The fourth-order valence-corrected chi connectivity index (χ4v) is 2.69. The van der Waals surface area contributed by atoms with Gasteiger partial charge in [-0.25, -0.2) is 0 Å². The topological polar surface area (TPSA) is 41.5 Å². The standard InChI is InChI=1S/C16H12Cl2N2O/c17-12-7-6-11(15(21)10-4-2-1-3-5-10)13(14(12)18)16-19-8-9-20-16/h1-7H,8-9H2,(H,19,20). The Morgan fingerprint density at radius 1 is 1.10 bits per heavy atom. The van der Waals surface area contributed by atoms with Crippen LogP contribution in [0, 0.1) is 0 Å². The molecular formula is C16H12Cl2N2O. The van der Waals surface area contributed by atoms with Crippen LogP contribution in [0.15, 0.2) is 47.5 Å². The average molecular weight is 319 g/mol. The summed E-state index contributed by atoms with van der Waals surface area (Å²) in [5.41, 5.74) is 1.69. The molecule has 1 aliphatic rings. The SMILES string of the molecule is O=C(c1ccccc1)c1ccc(Cl)c(Cl)c1C1=NCCN1. The summed E-state index contributed by atoms with van der Waals surface area (Å²) in [4.78, 5) is 17.1. The third kappa shape index (κ3) is 2.67. The van der Waals surface area contributed by atoms with Gasteiger partial charge in [-0.05, 0) is 12.1 Å². The third-order valence-electron chi connectivity index (χ3n) is 3.29. The van der Waals surface area contributed by atoms with Gasteiger partial charge in [0.25, 0.3) is 0 Å². The van der Waals surface area contributed by atoms with E-state index in [1.165, 1.54) is 0 Å². The van der Waals surface area contributed by atoms with Crippen molar-refractivity contribution in [1.82, 2.24) is 5.32 Å². The lowest BCUT2D eigenvalue weighted by Crippen LogP contribution is -2.23. The van der Waals surface area contributed by atoms with Gasteiger partial charge < -0.3 is 5.32 Å². The van der Waals surface area contributed by atoms with Crippen LogP contribution in [-0.4, -0.2) is 24.7 Å². The van der Waals surface area contributed by atoms with E-state index in [0.29, 0.717) is 39.1 Å². The fourth-order valence-electron chi connectivity index (χ4n) is 2.28. The van der Waals surface area contributed by atoms with Crippen molar-refractivity contribution in [2.45, 2.75) is 0 Å². The van der Waals surface area contributed by atoms with Crippen LogP contribution in [0.2, 0.25) is 10.0 Å².